The SMILES string of the molecule is [2H]c1c([2H])c([2H])c(-c2c3cc(-c4ccc5c(c4)-c4cccc6cccc(c46)O5)ccc3cc3ccc4ccccc4c23)c([2H])c1[2H]. The molecule has 0 amide bonds. The van der Waals surface area contributed by atoms with Gasteiger partial charge in [-0.1, -0.05) is 115 Å². The molecule has 0 spiro atoms. The molecule has 0 unspecified atom stereocenters. The van der Waals surface area contributed by atoms with Gasteiger partial charge in [0.15, 0.2) is 0 Å². The fourth-order valence-electron chi connectivity index (χ4n) is 6.45. The predicted molar refractivity (Wildman–Crippen MR) is 173 cm³/mol. The van der Waals surface area contributed by atoms with Crippen LogP contribution in [0.1, 0.15) is 6.85 Å². The number of ether oxygens (including phenoxy) is 1. The summed E-state index contributed by atoms with van der Waals surface area (Å²) in [6, 6.07) is 37.6. The summed E-state index contributed by atoms with van der Waals surface area (Å²) in [5.41, 5.74) is 4.92. The van der Waals surface area contributed by atoms with Crippen LogP contribution in [0.15, 0.2) is 145 Å². The van der Waals surface area contributed by atoms with Crippen molar-refractivity contribution in [2.24, 2.45) is 0 Å². The highest BCUT2D eigenvalue weighted by molar-refractivity contribution is 6.22. The third-order valence-electron chi connectivity index (χ3n) is 8.28. The number of benzene rings is 8. The minimum absolute atomic E-state index is 0.206. The summed E-state index contributed by atoms with van der Waals surface area (Å²) in [5, 5.41) is 7.75. The van der Waals surface area contributed by atoms with Crippen LogP contribution < -0.4 is 4.74 Å². The van der Waals surface area contributed by atoms with Gasteiger partial charge in [-0.15, -0.1) is 0 Å². The average Bonchev–Trinajstić information content (AvgIpc) is 3.09. The van der Waals surface area contributed by atoms with Gasteiger partial charge >= 0.3 is 0 Å². The van der Waals surface area contributed by atoms with Gasteiger partial charge in [0, 0.05) is 10.9 Å². The third-order valence-corrected chi connectivity index (χ3v) is 8.28. The zero-order valence-corrected chi connectivity index (χ0v) is 21.9. The van der Waals surface area contributed by atoms with Crippen LogP contribution in [-0.4, -0.2) is 0 Å². The van der Waals surface area contributed by atoms with Gasteiger partial charge in [0.2, 0.25) is 0 Å². The van der Waals surface area contributed by atoms with Gasteiger partial charge in [-0.2, -0.15) is 0 Å². The largest absolute Gasteiger partial charge is 0.456 e. The van der Waals surface area contributed by atoms with Gasteiger partial charge in [0.1, 0.15) is 11.5 Å². The molecule has 1 aliphatic rings. The van der Waals surface area contributed by atoms with Gasteiger partial charge in [-0.3, -0.25) is 0 Å². The maximum absolute atomic E-state index is 8.98. The summed E-state index contributed by atoms with van der Waals surface area (Å²) in [6.45, 7) is 0. The molecule has 0 aromatic heterocycles. The maximum atomic E-state index is 8.98. The fourth-order valence-corrected chi connectivity index (χ4v) is 6.45. The first-order valence-electron chi connectivity index (χ1n) is 16.2. The second-order valence-electron chi connectivity index (χ2n) is 10.5. The lowest BCUT2D eigenvalue weighted by Gasteiger charge is -2.22. The molecule has 0 N–H and O–H groups in total. The van der Waals surface area contributed by atoms with E-state index >= 15 is 0 Å². The number of hydrogen-bond donors (Lipinski definition) is 0. The van der Waals surface area contributed by atoms with Crippen molar-refractivity contribution in [3.05, 3.63) is 145 Å². The minimum atomic E-state index is -0.401. The molecule has 8 aromatic rings. The molecule has 0 atom stereocenters. The predicted octanol–water partition coefficient (Wildman–Crippen LogP) is 11.4. The van der Waals surface area contributed by atoms with Crippen molar-refractivity contribution in [3.63, 3.8) is 0 Å². The van der Waals surface area contributed by atoms with Crippen molar-refractivity contribution in [1.82, 2.24) is 0 Å². The second kappa shape index (κ2) is 8.55. The summed E-state index contributed by atoms with van der Waals surface area (Å²) in [6.07, 6.45) is 0. The van der Waals surface area contributed by atoms with E-state index in [1.807, 2.05) is 48.5 Å². The molecule has 0 fully saturated rings. The van der Waals surface area contributed by atoms with Gasteiger partial charge in [-0.25, -0.2) is 0 Å². The van der Waals surface area contributed by atoms with E-state index in [0.29, 0.717) is 5.56 Å². The molecule has 1 nitrogen and oxygen atoms in total. The normalized spacial score (nSPS) is 13.8. The summed E-state index contributed by atoms with van der Waals surface area (Å²) in [7, 11) is 0. The fraction of sp³-hybridized carbons (Fsp3) is 0. The Bertz CT molecular complexity index is 2590. The Morgan fingerprint density at radius 3 is 2.12 bits per heavy atom. The second-order valence-corrected chi connectivity index (χ2v) is 10.5. The average molecular weight is 526 g/mol. The Morgan fingerprint density at radius 2 is 1.20 bits per heavy atom. The quantitative estimate of drug-likeness (QED) is 0.161. The van der Waals surface area contributed by atoms with E-state index in [2.05, 4.69) is 66.7 Å². The Hall–Kier alpha value is -5.40. The molecule has 190 valence electrons. The van der Waals surface area contributed by atoms with Crippen molar-refractivity contribution in [2.75, 3.05) is 0 Å². The molecule has 0 radical (unpaired) electrons. The molecular formula is C40H24O. The first-order chi connectivity index (χ1) is 22.4. The van der Waals surface area contributed by atoms with Gasteiger partial charge in [-0.05, 0) is 95.9 Å². The van der Waals surface area contributed by atoms with Crippen molar-refractivity contribution in [1.29, 1.82) is 0 Å². The van der Waals surface area contributed by atoms with E-state index in [0.717, 1.165) is 76.8 Å². The van der Waals surface area contributed by atoms with Crippen LogP contribution >= 0.6 is 0 Å². The first-order valence-corrected chi connectivity index (χ1v) is 13.7. The van der Waals surface area contributed by atoms with Crippen molar-refractivity contribution in [2.45, 2.75) is 0 Å². The molecule has 1 aliphatic heterocycles. The van der Waals surface area contributed by atoms with Crippen LogP contribution in [0.25, 0.3) is 76.5 Å². The Balaban J connectivity index is 1.36. The smallest absolute Gasteiger partial charge is 0.135 e. The molecule has 0 bridgehead atoms. The molecule has 0 aliphatic carbocycles. The van der Waals surface area contributed by atoms with E-state index < -0.39 is 6.04 Å². The zero-order chi connectivity index (χ0) is 31.3. The molecule has 8 aromatic carbocycles. The lowest BCUT2D eigenvalue weighted by Crippen LogP contribution is -1.97. The number of fused-ring (bicyclic) bond motifs is 6. The van der Waals surface area contributed by atoms with E-state index in [1.165, 1.54) is 0 Å². The summed E-state index contributed by atoms with van der Waals surface area (Å²) in [5.74, 6) is 1.65. The molecule has 41 heavy (non-hydrogen) atoms. The zero-order valence-electron chi connectivity index (χ0n) is 26.9. The lowest BCUT2D eigenvalue weighted by molar-refractivity contribution is 0.487. The Morgan fingerprint density at radius 1 is 0.439 bits per heavy atom. The number of rotatable bonds is 2. The molecule has 0 saturated carbocycles. The number of hydrogen-bond acceptors (Lipinski definition) is 1. The van der Waals surface area contributed by atoms with Crippen LogP contribution in [0, 0.1) is 0 Å². The lowest BCUT2D eigenvalue weighted by atomic mass is 9.87. The summed E-state index contributed by atoms with van der Waals surface area (Å²) in [4.78, 5) is 0. The van der Waals surface area contributed by atoms with Crippen LogP contribution in [0.3, 0.4) is 0 Å². The maximum Gasteiger partial charge on any atom is 0.135 e. The minimum Gasteiger partial charge on any atom is -0.456 e. The molecule has 1 heteroatoms. The highest BCUT2D eigenvalue weighted by Gasteiger charge is 2.21. The van der Waals surface area contributed by atoms with E-state index in [9.17, 15) is 0 Å². The van der Waals surface area contributed by atoms with Crippen LogP contribution in [0.5, 0.6) is 11.5 Å². The Kier molecular flexibility index (Phi) is 3.76. The monoisotopic (exact) mass is 525 g/mol. The topological polar surface area (TPSA) is 9.23 Å². The highest BCUT2D eigenvalue weighted by atomic mass is 16.5. The molecule has 0 saturated heterocycles. The van der Waals surface area contributed by atoms with Gasteiger partial charge < -0.3 is 4.74 Å². The van der Waals surface area contributed by atoms with E-state index in [4.69, 9.17) is 11.6 Å². The molecule has 9 rings (SSSR count). The third kappa shape index (κ3) is 3.36. The standard InChI is InChI=1S/C40H24O/c1-2-9-27(10-3-1)39-34-23-28(17-18-30(34)22-31-19-16-25-8-4-5-13-32(25)40(31)39)29-20-21-36-35(24-29)33-14-6-11-26-12-7-15-37(41-36)38(26)33/h1-24H/i1D,2D,3D,9D,10D. The highest BCUT2D eigenvalue weighted by Crippen LogP contribution is 2.48. The first kappa shape index (κ1) is 18.0. The van der Waals surface area contributed by atoms with E-state index in [1.54, 1.807) is 0 Å². The van der Waals surface area contributed by atoms with Crippen LogP contribution in [0.2, 0.25) is 0 Å². The van der Waals surface area contributed by atoms with Crippen molar-refractivity contribution >= 4 is 43.1 Å². The molecular weight excluding hydrogens is 496 g/mol. The summed E-state index contributed by atoms with van der Waals surface area (Å²) < 4.78 is 49.6. The van der Waals surface area contributed by atoms with Crippen molar-refractivity contribution in [3.8, 4) is 44.9 Å². The van der Waals surface area contributed by atoms with E-state index in [-0.39, 0.29) is 29.7 Å². The van der Waals surface area contributed by atoms with Gasteiger partial charge in [0.25, 0.3) is 0 Å². The van der Waals surface area contributed by atoms with Crippen molar-refractivity contribution < 1.29 is 11.6 Å². The van der Waals surface area contributed by atoms with Crippen LogP contribution in [-0.2, 0) is 0 Å². The van der Waals surface area contributed by atoms with Crippen LogP contribution in [0.4, 0.5) is 0 Å². The Labute approximate surface area is 244 Å². The molecule has 1 heterocycles. The van der Waals surface area contributed by atoms with Gasteiger partial charge in [0.05, 0.1) is 6.85 Å². The summed E-state index contributed by atoms with van der Waals surface area (Å²) >= 11 is 0.